The largest absolute Gasteiger partial charge is 0.350 e. The highest BCUT2D eigenvalue weighted by atomic mass is 35.5. The third kappa shape index (κ3) is 2.80. The first-order chi connectivity index (χ1) is 9.78. The SMILES string of the molecule is CCC(CCC1OCCO1)c1cc(Cl)n2nccc2n1. The maximum Gasteiger partial charge on any atom is 0.157 e. The Labute approximate surface area is 122 Å². The summed E-state index contributed by atoms with van der Waals surface area (Å²) in [4.78, 5) is 4.65. The van der Waals surface area contributed by atoms with Gasteiger partial charge in [-0.15, -0.1) is 0 Å². The molecule has 20 heavy (non-hydrogen) atoms. The van der Waals surface area contributed by atoms with Crippen LogP contribution in [-0.2, 0) is 9.47 Å². The van der Waals surface area contributed by atoms with Crippen LogP contribution in [0.2, 0.25) is 5.15 Å². The molecule has 1 saturated heterocycles. The minimum atomic E-state index is -0.0572. The summed E-state index contributed by atoms with van der Waals surface area (Å²) in [6.45, 7) is 3.57. The van der Waals surface area contributed by atoms with E-state index in [9.17, 15) is 0 Å². The molecule has 0 radical (unpaired) electrons. The molecule has 0 saturated carbocycles. The van der Waals surface area contributed by atoms with Gasteiger partial charge in [0.15, 0.2) is 11.9 Å². The van der Waals surface area contributed by atoms with Crippen LogP contribution < -0.4 is 0 Å². The van der Waals surface area contributed by atoms with Gasteiger partial charge in [0.25, 0.3) is 0 Å². The van der Waals surface area contributed by atoms with Crippen LogP contribution in [0.3, 0.4) is 0 Å². The maximum atomic E-state index is 6.24. The van der Waals surface area contributed by atoms with Crippen molar-refractivity contribution in [3.8, 4) is 0 Å². The molecule has 108 valence electrons. The molecule has 0 bridgehead atoms. The van der Waals surface area contributed by atoms with E-state index in [2.05, 4.69) is 17.0 Å². The fraction of sp³-hybridized carbons (Fsp3) is 0.571. The van der Waals surface area contributed by atoms with Gasteiger partial charge in [-0.05, 0) is 25.3 Å². The van der Waals surface area contributed by atoms with E-state index < -0.39 is 0 Å². The molecule has 1 aliphatic heterocycles. The lowest BCUT2D eigenvalue weighted by Gasteiger charge is -2.17. The highest BCUT2D eigenvalue weighted by Crippen LogP contribution is 2.27. The summed E-state index contributed by atoms with van der Waals surface area (Å²) in [7, 11) is 0. The van der Waals surface area contributed by atoms with E-state index in [0.717, 1.165) is 30.6 Å². The molecule has 0 spiro atoms. The molecule has 1 atom stereocenters. The van der Waals surface area contributed by atoms with Gasteiger partial charge in [0.05, 0.1) is 19.4 Å². The first-order valence-electron chi connectivity index (χ1n) is 7.01. The molecule has 2 aromatic rings. The molecule has 0 amide bonds. The molecule has 3 heterocycles. The molecule has 3 rings (SSSR count). The highest BCUT2D eigenvalue weighted by molar-refractivity contribution is 6.29. The van der Waals surface area contributed by atoms with E-state index >= 15 is 0 Å². The Morgan fingerprint density at radius 3 is 3.00 bits per heavy atom. The minimum absolute atomic E-state index is 0.0572. The van der Waals surface area contributed by atoms with Crippen LogP contribution in [0.15, 0.2) is 18.3 Å². The molecule has 6 heteroatoms. The first-order valence-corrected chi connectivity index (χ1v) is 7.39. The third-order valence-corrected chi connectivity index (χ3v) is 3.96. The van der Waals surface area contributed by atoms with Crippen molar-refractivity contribution in [2.45, 2.75) is 38.4 Å². The van der Waals surface area contributed by atoms with Gasteiger partial charge in [0.1, 0.15) is 5.15 Å². The van der Waals surface area contributed by atoms with E-state index in [0.29, 0.717) is 24.3 Å². The van der Waals surface area contributed by atoms with Gasteiger partial charge in [-0.25, -0.2) is 9.50 Å². The Kier molecular flexibility index (Phi) is 4.19. The molecule has 0 N–H and O–H groups in total. The topological polar surface area (TPSA) is 48.7 Å². The van der Waals surface area contributed by atoms with Crippen LogP contribution in [0.25, 0.3) is 5.65 Å². The average molecular weight is 296 g/mol. The zero-order valence-corrected chi connectivity index (χ0v) is 12.2. The van der Waals surface area contributed by atoms with Crippen molar-refractivity contribution in [1.29, 1.82) is 0 Å². The number of aromatic nitrogens is 3. The number of nitrogens with zero attached hydrogens (tertiary/aromatic N) is 3. The summed E-state index contributed by atoms with van der Waals surface area (Å²) in [6.07, 6.45) is 4.54. The first kappa shape index (κ1) is 13.8. The summed E-state index contributed by atoms with van der Waals surface area (Å²) in [6, 6.07) is 3.78. The van der Waals surface area contributed by atoms with Crippen molar-refractivity contribution in [2.24, 2.45) is 0 Å². The maximum absolute atomic E-state index is 6.24. The molecule has 5 nitrogen and oxygen atoms in total. The Hall–Kier alpha value is -1.17. The van der Waals surface area contributed by atoms with Crippen molar-refractivity contribution < 1.29 is 9.47 Å². The molecule has 0 aromatic carbocycles. The lowest BCUT2D eigenvalue weighted by atomic mass is 9.96. The van der Waals surface area contributed by atoms with E-state index in [1.54, 1.807) is 10.7 Å². The van der Waals surface area contributed by atoms with E-state index in [1.165, 1.54) is 0 Å². The lowest BCUT2D eigenvalue weighted by Crippen LogP contribution is -2.11. The zero-order chi connectivity index (χ0) is 13.9. The van der Waals surface area contributed by atoms with Crippen molar-refractivity contribution in [3.63, 3.8) is 0 Å². The minimum Gasteiger partial charge on any atom is -0.350 e. The van der Waals surface area contributed by atoms with Gasteiger partial charge in [-0.2, -0.15) is 5.10 Å². The van der Waals surface area contributed by atoms with Crippen molar-refractivity contribution in [2.75, 3.05) is 13.2 Å². The molecule has 1 unspecified atom stereocenters. The second kappa shape index (κ2) is 6.08. The van der Waals surface area contributed by atoms with Gasteiger partial charge in [-0.3, -0.25) is 0 Å². The van der Waals surface area contributed by atoms with Crippen LogP contribution in [0.4, 0.5) is 0 Å². The van der Waals surface area contributed by atoms with Crippen molar-refractivity contribution >= 4 is 17.2 Å². The van der Waals surface area contributed by atoms with Crippen molar-refractivity contribution in [3.05, 3.63) is 29.2 Å². The van der Waals surface area contributed by atoms with Crippen LogP contribution in [-0.4, -0.2) is 34.1 Å². The normalized spacial score (nSPS) is 17.9. The fourth-order valence-corrected chi connectivity index (χ4v) is 2.82. The van der Waals surface area contributed by atoms with E-state index in [-0.39, 0.29) is 6.29 Å². The predicted octanol–water partition coefficient (Wildman–Crippen LogP) is 3.03. The van der Waals surface area contributed by atoms with Crippen LogP contribution in [0.5, 0.6) is 0 Å². The number of halogens is 1. The molecular weight excluding hydrogens is 278 g/mol. The Balaban J connectivity index is 1.75. The number of ether oxygens (including phenoxy) is 2. The molecule has 1 aliphatic rings. The monoisotopic (exact) mass is 295 g/mol. The van der Waals surface area contributed by atoms with Gasteiger partial charge in [0.2, 0.25) is 0 Å². The smallest absolute Gasteiger partial charge is 0.157 e. The summed E-state index contributed by atoms with van der Waals surface area (Å²) in [5, 5.41) is 4.73. The molecule has 2 aromatic heterocycles. The second-order valence-corrected chi connectivity index (χ2v) is 5.35. The summed E-state index contributed by atoms with van der Waals surface area (Å²) >= 11 is 6.24. The molecular formula is C14H18ClN3O2. The van der Waals surface area contributed by atoms with Crippen LogP contribution in [0, 0.1) is 0 Å². The molecule has 0 aliphatic carbocycles. The van der Waals surface area contributed by atoms with Gasteiger partial charge in [0, 0.05) is 17.7 Å². The fourth-order valence-electron chi connectivity index (χ4n) is 2.57. The second-order valence-electron chi connectivity index (χ2n) is 4.96. The number of hydrogen-bond acceptors (Lipinski definition) is 4. The Bertz CT molecular complexity index is 581. The molecule has 1 fully saturated rings. The average Bonchev–Trinajstić information content (AvgIpc) is 3.10. The van der Waals surface area contributed by atoms with Gasteiger partial charge >= 0.3 is 0 Å². The summed E-state index contributed by atoms with van der Waals surface area (Å²) in [5.41, 5.74) is 1.81. The van der Waals surface area contributed by atoms with E-state index in [1.807, 2.05) is 12.1 Å². The van der Waals surface area contributed by atoms with Crippen molar-refractivity contribution in [1.82, 2.24) is 14.6 Å². The standard InChI is InChI=1S/C14H18ClN3O2/c1-2-10(3-4-14-19-7-8-20-14)11-9-12(15)18-13(17-11)5-6-16-18/h5-6,9-10,14H,2-4,7-8H2,1H3. The zero-order valence-electron chi connectivity index (χ0n) is 11.5. The van der Waals surface area contributed by atoms with Gasteiger partial charge < -0.3 is 9.47 Å². The Morgan fingerprint density at radius 2 is 2.25 bits per heavy atom. The van der Waals surface area contributed by atoms with Crippen LogP contribution >= 0.6 is 11.6 Å². The quantitative estimate of drug-likeness (QED) is 0.796. The number of fused-ring (bicyclic) bond motifs is 1. The summed E-state index contributed by atoms with van der Waals surface area (Å²) in [5.74, 6) is 0.361. The lowest BCUT2D eigenvalue weighted by molar-refractivity contribution is -0.0488. The number of rotatable bonds is 5. The number of hydrogen-bond donors (Lipinski definition) is 0. The van der Waals surface area contributed by atoms with E-state index in [4.69, 9.17) is 21.1 Å². The third-order valence-electron chi connectivity index (χ3n) is 3.69. The highest BCUT2D eigenvalue weighted by Gasteiger charge is 2.20. The Morgan fingerprint density at radius 1 is 1.45 bits per heavy atom. The van der Waals surface area contributed by atoms with Crippen LogP contribution in [0.1, 0.15) is 37.8 Å². The predicted molar refractivity (Wildman–Crippen MR) is 76.0 cm³/mol. The van der Waals surface area contributed by atoms with Gasteiger partial charge in [-0.1, -0.05) is 18.5 Å². The summed E-state index contributed by atoms with van der Waals surface area (Å²) < 4.78 is 12.6.